The second-order valence-electron chi connectivity index (χ2n) is 4.99. The van der Waals surface area contributed by atoms with E-state index >= 15 is 0 Å². The van der Waals surface area contributed by atoms with Crippen LogP contribution in [0.3, 0.4) is 0 Å². The molecule has 0 aliphatic carbocycles. The molecule has 2 aromatic carbocycles. The average Bonchev–Trinajstić information content (AvgIpc) is 2.86. The lowest BCUT2D eigenvalue weighted by molar-refractivity contribution is 0.415. The number of fused-ring (bicyclic) bond motifs is 1. The van der Waals surface area contributed by atoms with Crippen molar-refractivity contribution in [3.05, 3.63) is 65.9 Å². The number of hydrogen-bond acceptors (Lipinski definition) is 2. The van der Waals surface area contributed by atoms with Gasteiger partial charge in [0.15, 0.2) is 0 Å². The number of methoxy groups -OCH3 is 1. The van der Waals surface area contributed by atoms with Crippen molar-refractivity contribution in [3.8, 4) is 11.8 Å². The molecular weight excluding hydrogens is 260 g/mol. The molecule has 3 rings (SSSR count). The summed E-state index contributed by atoms with van der Waals surface area (Å²) >= 11 is 0. The van der Waals surface area contributed by atoms with Crippen molar-refractivity contribution in [3.63, 3.8) is 0 Å². The molecule has 0 bridgehead atoms. The molecule has 0 amide bonds. The summed E-state index contributed by atoms with van der Waals surface area (Å²) in [7, 11) is 1.66. The van der Waals surface area contributed by atoms with Crippen LogP contribution in [0.1, 0.15) is 11.1 Å². The van der Waals surface area contributed by atoms with Crippen LogP contribution in [0.4, 0.5) is 0 Å². The summed E-state index contributed by atoms with van der Waals surface area (Å²) in [5.74, 6) is 0.819. The molecule has 3 nitrogen and oxygen atoms in total. The zero-order chi connectivity index (χ0) is 14.7. The molecule has 0 spiro atoms. The van der Waals surface area contributed by atoms with Gasteiger partial charge in [-0.3, -0.25) is 0 Å². The molecule has 1 heterocycles. The monoisotopic (exact) mass is 276 g/mol. The van der Waals surface area contributed by atoms with Gasteiger partial charge >= 0.3 is 0 Å². The first-order valence-corrected chi connectivity index (χ1v) is 6.88. The number of benzene rings is 2. The van der Waals surface area contributed by atoms with Gasteiger partial charge in [-0.05, 0) is 29.3 Å². The van der Waals surface area contributed by atoms with Crippen LogP contribution in [0.2, 0.25) is 0 Å². The van der Waals surface area contributed by atoms with Gasteiger partial charge in [0, 0.05) is 23.6 Å². The van der Waals surface area contributed by atoms with Crippen LogP contribution in [0, 0.1) is 11.3 Å². The first-order chi connectivity index (χ1) is 10.3. The number of hydrogen-bond donors (Lipinski definition) is 0. The summed E-state index contributed by atoms with van der Waals surface area (Å²) in [6.45, 7) is 0.801. The Balaban J connectivity index is 2.08. The predicted octanol–water partition coefficient (Wildman–Crippen LogP) is 3.76. The van der Waals surface area contributed by atoms with E-state index in [4.69, 9.17) is 10.00 Å². The van der Waals surface area contributed by atoms with Crippen molar-refractivity contribution in [1.82, 2.24) is 4.57 Å². The summed E-state index contributed by atoms with van der Waals surface area (Å²) in [6, 6.07) is 18.6. The van der Waals surface area contributed by atoms with Gasteiger partial charge in [0.2, 0.25) is 0 Å². The average molecular weight is 276 g/mol. The molecule has 0 fully saturated rings. The minimum atomic E-state index is 0.408. The van der Waals surface area contributed by atoms with E-state index in [0.717, 1.165) is 28.8 Å². The maximum absolute atomic E-state index is 9.01. The Bertz CT molecular complexity index is 797. The molecular formula is C18H16N2O. The van der Waals surface area contributed by atoms with Crippen LogP contribution < -0.4 is 4.74 Å². The van der Waals surface area contributed by atoms with Crippen LogP contribution in [0.25, 0.3) is 10.9 Å². The maximum Gasteiger partial charge on any atom is 0.119 e. The van der Waals surface area contributed by atoms with Gasteiger partial charge in [0.1, 0.15) is 5.75 Å². The van der Waals surface area contributed by atoms with Gasteiger partial charge in [0.05, 0.1) is 19.6 Å². The van der Waals surface area contributed by atoms with E-state index in [0.29, 0.717) is 6.42 Å². The number of nitrogens with zero attached hydrogens (tertiary/aromatic N) is 2. The van der Waals surface area contributed by atoms with Gasteiger partial charge in [-0.15, -0.1) is 0 Å². The molecule has 3 aromatic rings. The highest BCUT2D eigenvalue weighted by atomic mass is 16.5. The third kappa shape index (κ3) is 2.61. The molecule has 0 radical (unpaired) electrons. The fourth-order valence-electron chi connectivity index (χ4n) is 2.61. The Morgan fingerprint density at radius 2 is 1.95 bits per heavy atom. The normalized spacial score (nSPS) is 10.5. The largest absolute Gasteiger partial charge is 0.497 e. The zero-order valence-corrected chi connectivity index (χ0v) is 11.9. The Labute approximate surface area is 124 Å². The van der Waals surface area contributed by atoms with Crippen LogP contribution in [0.5, 0.6) is 5.75 Å². The third-order valence-corrected chi connectivity index (χ3v) is 3.64. The summed E-state index contributed by atoms with van der Waals surface area (Å²) in [4.78, 5) is 0. The van der Waals surface area contributed by atoms with Crippen molar-refractivity contribution in [2.75, 3.05) is 7.11 Å². The second kappa shape index (κ2) is 5.72. The number of nitriles is 1. The molecule has 0 aliphatic rings. The fourth-order valence-corrected chi connectivity index (χ4v) is 2.61. The second-order valence-corrected chi connectivity index (χ2v) is 4.99. The number of aromatic nitrogens is 1. The first-order valence-electron chi connectivity index (χ1n) is 6.88. The quantitative estimate of drug-likeness (QED) is 0.727. The lowest BCUT2D eigenvalue weighted by Gasteiger charge is -2.06. The van der Waals surface area contributed by atoms with E-state index in [-0.39, 0.29) is 0 Å². The van der Waals surface area contributed by atoms with E-state index in [9.17, 15) is 0 Å². The lowest BCUT2D eigenvalue weighted by Crippen LogP contribution is -1.97. The highest BCUT2D eigenvalue weighted by molar-refractivity contribution is 5.85. The zero-order valence-electron chi connectivity index (χ0n) is 11.9. The van der Waals surface area contributed by atoms with Gasteiger partial charge in [0.25, 0.3) is 0 Å². The molecule has 21 heavy (non-hydrogen) atoms. The highest BCUT2D eigenvalue weighted by Gasteiger charge is 2.09. The Morgan fingerprint density at radius 1 is 1.14 bits per heavy atom. The number of ether oxygens (including phenoxy) is 1. The van der Waals surface area contributed by atoms with Crippen LogP contribution in [-0.4, -0.2) is 11.7 Å². The molecule has 3 heteroatoms. The Kier molecular flexibility index (Phi) is 3.61. The van der Waals surface area contributed by atoms with E-state index < -0.39 is 0 Å². The molecule has 1 aromatic heterocycles. The lowest BCUT2D eigenvalue weighted by atomic mass is 10.1. The van der Waals surface area contributed by atoms with Crippen LogP contribution >= 0.6 is 0 Å². The Hall–Kier alpha value is -2.73. The Morgan fingerprint density at radius 3 is 2.67 bits per heavy atom. The predicted molar refractivity (Wildman–Crippen MR) is 83.4 cm³/mol. The maximum atomic E-state index is 9.01. The summed E-state index contributed by atoms with van der Waals surface area (Å²) < 4.78 is 7.48. The molecule has 0 unspecified atom stereocenters. The van der Waals surface area contributed by atoms with Gasteiger partial charge in [-0.1, -0.05) is 30.3 Å². The SMILES string of the molecule is COc1ccc2c(c1)c(CC#N)cn2Cc1ccccc1. The van der Waals surface area contributed by atoms with Crippen molar-refractivity contribution in [2.45, 2.75) is 13.0 Å². The van der Waals surface area contributed by atoms with Gasteiger partial charge in [-0.25, -0.2) is 0 Å². The highest BCUT2D eigenvalue weighted by Crippen LogP contribution is 2.27. The topological polar surface area (TPSA) is 37.9 Å². The fraction of sp³-hybridized carbons (Fsp3) is 0.167. The number of rotatable bonds is 4. The molecule has 0 saturated carbocycles. The van der Waals surface area contributed by atoms with Crippen LogP contribution in [0.15, 0.2) is 54.7 Å². The smallest absolute Gasteiger partial charge is 0.119 e. The molecule has 0 atom stereocenters. The van der Waals surface area contributed by atoms with Crippen molar-refractivity contribution >= 4 is 10.9 Å². The van der Waals surface area contributed by atoms with Crippen molar-refractivity contribution in [2.24, 2.45) is 0 Å². The van der Waals surface area contributed by atoms with E-state index in [1.54, 1.807) is 7.11 Å². The molecule has 0 aliphatic heterocycles. The summed E-state index contributed by atoms with van der Waals surface area (Å²) in [5, 5.41) is 10.1. The minimum Gasteiger partial charge on any atom is -0.497 e. The molecule has 0 saturated heterocycles. The van der Waals surface area contributed by atoms with Crippen LogP contribution in [-0.2, 0) is 13.0 Å². The molecule has 104 valence electrons. The van der Waals surface area contributed by atoms with Crippen molar-refractivity contribution < 1.29 is 4.74 Å². The van der Waals surface area contributed by atoms with Crippen molar-refractivity contribution in [1.29, 1.82) is 5.26 Å². The van der Waals surface area contributed by atoms with E-state index in [2.05, 4.69) is 35.0 Å². The van der Waals surface area contributed by atoms with Gasteiger partial charge in [-0.2, -0.15) is 5.26 Å². The standard InChI is InChI=1S/C18H16N2O/c1-21-16-7-8-18-17(11-16)15(9-10-19)13-20(18)12-14-5-3-2-4-6-14/h2-8,11,13H,9,12H2,1H3. The van der Waals surface area contributed by atoms with Gasteiger partial charge < -0.3 is 9.30 Å². The minimum absolute atomic E-state index is 0.408. The van der Waals surface area contributed by atoms with E-state index in [1.165, 1.54) is 5.56 Å². The summed E-state index contributed by atoms with van der Waals surface area (Å²) in [6.07, 6.45) is 2.48. The molecule has 0 N–H and O–H groups in total. The third-order valence-electron chi connectivity index (χ3n) is 3.64. The first kappa shape index (κ1) is 13.3. The van der Waals surface area contributed by atoms with E-state index in [1.807, 2.05) is 30.3 Å². The summed E-state index contributed by atoms with van der Waals surface area (Å²) in [5.41, 5.74) is 3.42.